The highest BCUT2D eigenvalue weighted by molar-refractivity contribution is 9.10. The minimum absolute atomic E-state index is 0.293. The van der Waals surface area contributed by atoms with Crippen LogP contribution in [-0.2, 0) is 6.54 Å². The SMILES string of the molecule is Clc1ccc(CNc2ccc3c(c2)OCO3)c(Br)c1. The monoisotopic (exact) mass is 339 g/mol. The number of nitrogens with one attached hydrogen (secondary N) is 1. The Kier molecular flexibility index (Phi) is 3.53. The van der Waals surface area contributed by atoms with Crippen LogP contribution in [0.3, 0.4) is 0 Å². The van der Waals surface area contributed by atoms with Gasteiger partial charge in [0.2, 0.25) is 6.79 Å². The minimum atomic E-state index is 0.293. The summed E-state index contributed by atoms with van der Waals surface area (Å²) in [4.78, 5) is 0. The van der Waals surface area contributed by atoms with Gasteiger partial charge in [-0.2, -0.15) is 0 Å². The van der Waals surface area contributed by atoms with E-state index in [9.17, 15) is 0 Å². The van der Waals surface area contributed by atoms with Gasteiger partial charge in [0.05, 0.1) is 0 Å². The van der Waals surface area contributed by atoms with E-state index in [1.807, 2.05) is 36.4 Å². The van der Waals surface area contributed by atoms with Crippen LogP contribution in [0.15, 0.2) is 40.9 Å². The number of ether oxygens (including phenoxy) is 2. The standard InChI is InChI=1S/C14H11BrClNO2/c15-12-5-10(16)2-1-9(12)7-17-11-3-4-13-14(6-11)19-8-18-13/h1-6,17H,7-8H2. The molecule has 98 valence electrons. The molecular formula is C14H11BrClNO2. The lowest BCUT2D eigenvalue weighted by molar-refractivity contribution is 0.174. The van der Waals surface area contributed by atoms with Crippen LogP contribution in [0.4, 0.5) is 5.69 Å². The summed E-state index contributed by atoms with van der Waals surface area (Å²) in [5.74, 6) is 1.57. The summed E-state index contributed by atoms with van der Waals surface area (Å²) < 4.78 is 11.6. The third-order valence-electron chi connectivity index (χ3n) is 2.87. The zero-order valence-electron chi connectivity index (χ0n) is 9.95. The van der Waals surface area contributed by atoms with E-state index in [0.717, 1.165) is 32.2 Å². The second kappa shape index (κ2) is 5.31. The maximum absolute atomic E-state index is 5.92. The number of halogens is 2. The van der Waals surface area contributed by atoms with Crippen molar-refractivity contribution in [1.82, 2.24) is 0 Å². The number of fused-ring (bicyclic) bond motifs is 1. The molecule has 2 aromatic rings. The molecule has 1 N–H and O–H groups in total. The van der Waals surface area contributed by atoms with E-state index in [2.05, 4.69) is 21.2 Å². The number of hydrogen-bond acceptors (Lipinski definition) is 3. The molecular weight excluding hydrogens is 330 g/mol. The lowest BCUT2D eigenvalue weighted by Gasteiger charge is -2.09. The Morgan fingerprint density at radius 1 is 1.11 bits per heavy atom. The first kappa shape index (κ1) is 12.6. The average Bonchev–Trinajstić information content (AvgIpc) is 2.85. The predicted octanol–water partition coefficient (Wildman–Crippen LogP) is 4.44. The molecule has 0 unspecified atom stereocenters. The Labute approximate surface area is 124 Å². The van der Waals surface area contributed by atoms with Crippen molar-refractivity contribution < 1.29 is 9.47 Å². The third kappa shape index (κ3) is 2.80. The van der Waals surface area contributed by atoms with Crippen LogP contribution in [0.25, 0.3) is 0 Å². The summed E-state index contributed by atoms with van der Waals surface area (Å²) in [6.45, 7) is 0.999. The summed E-state index contributed by atoms with van der Waals surface area (Å²) in [6.07, 6.45) is 0. The smallest absolute Gasteiger partial charge is 0.231 e. The number of anilines is 1. The maximum Gasteiger partial charge on any atom is 0.231 e. The molecule has 0 spiro atoms. The van der Waals surface area contributed by atoms with E-state index in [1.54, 1.807) is 0 Å². The van der Waals surface area contributed by atoms with Crippen molar-refractivity contribution in [2.75, 3.05) is 12.1 Å². The molecule has 1 aliphatic rings. The molecule has 0 radical (unpaired) electrons. The highest BCUT2D eigenvalue weighted by Crippen LogP contribution is 2.34. The van der Waals surface area contributed by atoms with Gasteiger partial charge in [-0.1, -0.05) is 33.6 Å². The summed E-state index contributed by atoms with van der Waals surface area (Å²) in [6, 6.07) is 11.6. The largest absolute Gasteiger partial charge is 0.454 e. The van der Waals surface area contributed by atoms with Crippen LogP contribution in [0.1, 0.15) is 5.56 Å². The van der Waals surface area contributed by atoms with E-state index >= 15 is 0 Å². The van der Waals surface area contributed by atoms with Crippen molar-refractivity contribution in [1.29, 1.82) is 0 Å². The Morgan fingerprint density at radius 2 is 1.95 bits per heavy atom. The van der Waals surface area contributed by atoms with E-state index in [4.69, 9.17) is 21.1 Å². The molecule has 3 nitrogen and oxygen atoms in total. The molecule has 1 aliphatic heterocycles. The second-order valence-corrected chi connectivity index (χ2v) is 5.45. The van der Waals surface area contributed by atoms with Crippen molar-refractivity contribution in [3.05, 3.63) is 51.5 Å². The molecule has 5 heteroatoms. The Bertz CT molecular complexity index is 618. The Hall–Kier alpha value is -1.39. The fourth-order valence-corrected chi connectivity index (χ4v) is 2.69. The van der Waals surface area contributed by atoms with Gasteiger partial charge in [0.1, 0.15) is 0 Å². The van der Waals surface area contributed by atoms with Gasteiger partial charge in [0.25, 0.3) is 0 Å². The minimum Gasteiger partial charge on any atom is -0.454 e. The van der Waals surface area contributed by atoms with Gasteiger partial charge in [-0.3, -0.25) is 0 Å². The fourth-order valence-electron chi connectivity index (χ4n) is 1.87. The highest BCUT2D eigenvalue weighted by Gasteiger charge is 2.13. The van der Waals surface area contributed by atoms with Crippen molar-refractivity contribution in [3.63, 3.8) is 0 Å². The van der Waals surface area contributed by atoms with Gasteiger partial charge < -0.3 is 14.8 Å². The fraction of sp³-hybridized carbons (Fsp3) is 0.143. The lowest BCUT2D eigenvalue weighted by atomic mass is 10.2. The van der Waals surface area contributed by atoms with E-state index in [0.29, 0.717) is 13.3 Å². The van der Waals surface area contributed by atoms with Gasteiger partial charge >= 0.3 is 0 Å². The number of benzene rings is 2. The maximum atomic E-state index is 5.92. The first-order chi connectivity index (χ1) is 9.22. The summed E-state index contributed by atoms with van der Waals surface area (Å²) in [5.41, 5.74) is 2.13. The molecule has 19 heavy (non-hydrogen) atoms. The normalized spacial score (nSPS) is 12.5. The summed E-state index contributed by atoms with van der Waals surface area (Å²) >= 11 is 9.42. The molecule has 2 aromatic carbocycles. The van der Waals surface area contributed by atoms with Gasteiger partial charge in [-0.15, -0.1) is 0 Å². The third-order valence-corrected chi connectivity index (χ3v) is 3.84. The molecule has 0 atom stereocenters. The Balaban J connectivity index is 1.72. The van der Waals surface area contributed by atoms with E-state index < -0.39 is 0 Å². The quantitative estimate of drug-likeness (QED) is 0.896. The molecule has 0 bridgehead atoms. The molecule has 0 fully saturated rings. The van der Waals surface area contributed by atoms with Gasteiger partial charge in [-0.25, -0.2) is 0 Å². The molecule has 1 heterocycles. The molecule has 3 rings (SSSR count). The van der Waals surface area contributed by atoms with Crippen LogP contribution in [0.5, 0.6) is 11.5 Å². The number of hydrogen-bond donors (Lipinski definition) is 1. The summed E-state index contributed by atoms with van der Waals surface area (Å²) in [7, 11) is 0. The molecule has 0 aromatic heterocycles. The van der Waals surface area contributed by atoms with Crippen molar-refractivity contribution in [2.24, 2.45) is 0 Å². The lowest BCUT2D eigenvalue weighted by Crippen LogP contribution is -2.00. The first-order valence-electron chi connectivity index (χ1n) is 5.80. The summed E-state index contributed by atoms with van der Waals surface area (Å²) in [5, 5.41) is 4.06. The first-order valence-corrected chi connectivity index (χ1v) is 6.97. The van der Waals surface area contributed by atoms with Crippen molar-refractivity contribution in [3.8, 4) is 11.5 Å². The van der Waals surface area contributed by atoms with Crippen LogP contribution in [0.2, 0.25) is 5.02 Å². The van der Waals surface area contributed by atoms with Crippen molar-refractivity contribution >= 4 is 33.2 Å². The van der Waals surface area contributed by atoms with Crippen LogP contribution < -0.4 is 14.8 Å². The Morgan fingerprint density at radius 3 is 2.79 bits per heavy atom. The number of rotatable bonds is 3. The molecule has 0 aliphatic carbocycles. The zero-order valence-corrected chi connectivity index (χ0v) is 12.3. The van der Waals surface area contributed by atoms with Gasteiger partial charge in [0.15, 0.2) is 11.5 Å². The van der Waals surface area contributed by atoms with E-state index in [-0.39, 0.29) is 0 Å². The zero-order chi connectivity index (χ0) is 13.2. The second-order valence-electron chi connectivity index (χ2n) is 4.16. The van der Waals surface area contributed by atoms with Crippen molar-refractivity contribution in [2.45, 2.75) is 6.54 Å². The van der Waals surface area contributed by atoms with Crippen LogP contribution in [0, 0.1) is 0 Å². The average molecular weight is 341 g/mol. The van der Waals surface area contributed by atoms with Gasteiger partial charge in [-0.05, 0) is 29.8 Å². The molecule has 0 saturated heterocycles. The van der Waals surface area contributed by atoms with Crippen LogP contribution >= 0.6 is 27.5 Å². The predicted molar refractivity (Wildman–Crippen MR) is 79.0 cm³/mol. The molecule has 0 amide bonds. The topological polar surface area (TPSA) is 30.5 Å². The van der Waals surface area contributed by atoms with E-state index in [1.165, 1.54) is 0 Å². The molecule has 0 saturated carbocycles. The van der Waals surface area contributed by atoms with Crippen LogP contribution in [-0.4, -0.2) is 6.79 Å². The highest BCUT2D eigenvalue weighted by atomic mass is 79.9. The van der Waals surface area contributed by atoms with Gasteiger partial charge in [0, 0.05) is 27.8 Å².